The molecule has 0 atom stereocenters. The third kappa shape index (κ3) is 3.26. The molecule has 0 radical (unpaired) electrons. The van der Waals surface area contributed by atoms with Crippen LogP contribution in [0.1, 0.15) is 18.9 Å². The number of anilines is 1. The molecule has 0 aliphatic carbocycles. The van der Waals surface area contributed by atoms with Crippen LogP contribution in [0.4, 0.5) is 5.82 Å². The number of hydrogen-bond donors (Lipinski definition) is 2. The van der Waals surface area contributed by atoms with Crippen LogP contribution in [-0.4, -0.2) is 30.8 Å². The number of pyridine rings is 1. The fourth-order valence-electron chi connectivity index (χ4n) is 2.34. The number of ether oxygens (including phenoxy) is 2. The maximum Gasteiger partial charge on any atom is 0.231 e. The minimum atomic E-state index is -0.0531. The first-order valence-corrected chi connectivity index (χ1v) is 7.30. The Morgan fingerprint density at radius 1 is 1.30 bits per heavy atom. The lowest BCUT2D eigenvalue weighted by molar-refractivity contribution is -0.118. The summed E-state index contributed by atoms with van der Waals surface area (Å²) in [6.07, 6.45) is 0.741. The fraction of sp³-hybridized carbons (Fsp3) is 0.312. The van der Waals surface area contributed by atoms with E-state index in [2.05, 4.69) is 21.7 Å². The van der Waals surface area contributed by atoms with Crippen LogP contribution in [0.5, 0.6) is 11.5 Å². The fourth-order valence-corrected chi connectivity index (χ4v) is 2.34. The SMILES string of the molecule is CC(=O)NCCCNc1nc2cc3c(cc2cc1C#N)OCO3. The quantitative estimate of drug-likeness (QED) is 0.817. The van der Waals surface area contributed by atoms with Crippen LogP contribution >= 0.6 is 0 Å². The third-order valence-electron chi connectivity index (χ3n) is 3.45. The van der Waals surface area contributed by atoms with E-state index in [1.54, 1.807) is 12.1 Å². The number of carbonyl (C=O) groups excluding carboxylic acids is 1. The Morgan fingerprint density at radius 3 is 2.83 bits per heavy atom. The molecular formula is C16H16N4O3. The molecule has 2 heterocycles. The molecule has 0 saturated heterocycles. The van der Waals surface area contributed by atoms with Gasteiger partial charge < -0.3 is 20.1 Å². The van der Waals surface area contributed by atoms with Gasteiger partial charge in [0, 0.05) is 31.5 Å². The Bertz CT molecular complexity index is 798. The molecule has 1 aromatic carbocycles. The number of nitriles is 1. The lowest BCUT2D eigenvalue weighted by Crippen LogP contribution is -2.22. The van der Waals surface area contributed by atoms with Crippen LogP contribution in [0.3, 0.4) is 0 Å². The Labute approximate surface area is 133 Å². The van der Waals surface area contributed by atoms with Crippen molar-refractivity contribution in [2.24, 2.45) is 0 Å². The normalized spacial score (nSPS) is 12.0. The van der Waals surface area contributed by atoms with Crippen LogP contribution in [0.25, 0.3) is 10.9 Å². The molecule has 23 heavy (non-hydrogen) atoms. The van der Waals surface area contributed by atoms with E-state index >= 15 is 0 Å². The van der Waals surface area contributed by atoms with E-state index in [1.165, 1.54) is 6.92 Å². The molecule has 118 valence electrons. The molecule has 1 aliphatic heterocycles. The molecule has 0 saturated carbocycles. The minimum absolute atomic E-state index is 0.0531. The molecule has 0 bridgehead atoms. The second-order valence-corrected chi connectivity index (χ2v) is 5.16. The van der Waals surface area contributed by atoms with Crippen molar-refractivity contribution >= 4 is 22.6 Å². The van der Waals surface area contributed by atoms with Gasteiger partial charge in [-0.2, -0.15) is 5.26 Å². The second kappa shape index (κ2) is 6.40. The summed E-state index contributed by atoms with van der Waals surface area (Å²) >= 11 is 0. The molecule has 0 unspecified atom stereocenters. The molecule has 1 aromatic heterocycles. The van der Waals surface area contributed by atoms with E-state index in [-0.39, 0.29) is 12.7 Å². The molecule has 1 aliphatic rings. The van der Waals surface area contributed by atoms with E-state index in [1.807, 2.05) is 6.07 Å². The number of benzene rings is 1. The number of nitrogens with zero attached hydrogens (tertiary/aromatic N) is 2. The van der Waals surface area contributed by atoms with Crippen molar-refractivity contribution < 1.29 is 14.3 Å². The maximum atomic E-state index is 10.8. The molecule has 1 amide bonds. The molecule has 7 nitrogen and oxygen atoms in total. The Morgan fingerprint density at radius 2 is 2.09 bits per heavy atom. The summed E-state index contributed by atoms with van der Waals surface area (Å²) in [6.45, 7) is 2.87. The summed E-state index contributed by atoms with van der Waals surface area (Å²) in [7, 11) is 0. The first kappa shape index (κ1) is 14.9. The van der Waals surface area contributed by atoms with Crippen molar-refractivity contribution in [1.29, 1.82) is 5.26 Å². The highest BCUT2D eigenvalue weighted by atomic mass is 16.7. The van der Waals surface area contributed by atoms with Gasteiger partial charge in [0.05, 0.1) is 11.1 Å². The maximum absolute atomic E-state index is 10.8. The zero-order valence-electron chi connectivity index (χ0n) is 12.7. The average molecular weight is 312 g/mol. The number of carbonyl (C=O) groups is 1. The van der Waals surface area contributed by atoms with E-state index in [4.69, 9.17) is 9.47 Å². The molecule has 7 heteroatoms. The van der Waals surface area contributed by atoms with E-state index in [9.17, 15) is 10.1 Å². The Hall–Kier alpha value is -3.01. The number of nitrogens with one attached hydrogen (secondary N) is 2. The summed E-state index contributed by atoms with van der Waals surface area (Å²) in [5, 5.41) is 16.0. The van der Waals surface area contributed by atoms with Crippen molar-refractivity contribution in [2.75, 3.05) is 25.2 Å². The van der Waals surface area contributed by atoms with Gasteiger partial charge in [-0.25, -0.2) is 4.98 Å². The van der Waals surface area contributed by atoms with Gasteiger partial charge in [-0.1, -0.05) is 0 Å². The summed E-state index contributed by atoms with van der Waals surface area (Å²) in [4.78, 5) is 15.3. The highest BCUT2D eigenvalue weighted by Crippen LogP contribution is 2.36. The standard InChI is InChI=1S/C16H16N4O3/c1-10(21)18-3-2-4-19-16-12(8-17)5-11-6-14-15(23-9-22-14)7-13(11)20-16/h5-7H,2-4,9H2,1H3,(H,18,21)(H,19,20). The number of amides is 1. The number of hydrogen-bond acceptors (Lipinski definition) is 6. The lowest BCUT2D eigenvalue weighted by atomic mass is 10.1. The van der Waals surface area contributed by atoms with Crippen molar-refractivity contribution in [1.82, 2.24) is 10.3 Å². The van der Waals surface area contributed by atoms with Crippen LogP contribution in [0.2, 0.25) is 0 Å². The van der Waals surface area contributed by atoms with Gasteiger partial charge in [0.2, 0.25) is 12.7 Å². The molecule has 3 rings (SSSR count). The molecule has 2 aromatic rings. The minimum Gasteiger partial charge on any atom is -0.454 e. The summed E-state index contributed by atoms with van der Waals surface area (Å²) in [5.41, 5.74) is 1.20. The average Bonchev–Trinajstić information content (AvgIpc) is 2.98. The van der Waals surface area contributed by atoms with Crippen LogP contribution in [-0.2, 0) is 4.79 Å². The lowest BCUT2D eigenvalue weighted by Gasteiger charge is -2.09. The van der Waals surface area contributed by atoms with Crippen molar-refractivity contribution in [3.05, 3.63) is 23.8 Å². The van der Waals surface area contributed by atoms with Gasteiger partial charge in [0.25, 0.3) is 0 Å². The topological polar surface area (TPSA) is 96.3 Å². The van der Waals surface area contributed by atoms with Gasteiger partial charge in [-0.3, -0.25) is 4.79 Å². The van der Waals surface area contributed by atoms with E-state index in [0.717, 1.165) is 17.3 Å². The summed E-state index contributed by atoms with van der Waals surface area (Å²) in [5.74, 6) is 1.80. The highest BCUT2D eigenvalue weighted by molar-refractivity contribution is 5.86. The van der Waals surface area contributed by atoms with E-state index < -0.39 is 0 Å². The third-order valence-corrected chi connectivity index (χ3v) is 3.45. The van der Waals surface area contributed by atoms with Crippen molar-refractivity contribution in [3.63, 3.8) is 0 Å². The highest BCUT2D eigenvalue weighted by Gasteiger charge is 2.16. The number of rotatable bonds is 5. The predicted octanol–water partition coefficient (Wildman–Crippen LogP) is 1.77. The first-order valence-electron chi connectivity index (χ1n) is 7.30. The predicted molar refractivity (Wildman–Crippen MR) is 84.4 cm³/mol. The monoisotopic (exact) mass is 312 g/mol. The largest absolute Gasteiger partial charge is 0.454 e. The number of fused-ring (bicyclic) bond motifs is 2. The zero-order chi connectivity index (χ0) is 16.2. The first-order chi connectivity index (χ1) is 11.2. The van der Waals surface area contributed by atoms with E-state index in [0.29, 0.717) is 36.0 Å². The molecule has 0 spiro atoms. The van der Waals surface area contributed by atoms with Gasteiger partial charge in [-0.05, 0) is 18.6 Å². The van der Waals surface area contributed by atoms with Gasteiger partial charge in [0.15, 0.2) is 11.5 Å². The molecular weight excluding hydrogens is 296 g/mol. The van der Waals surface area contributed by atoms with Gasteiger partial charge >= 0.3 is 0 Å². The molecule has 0 fully saturated rings. The van der Waals surface area contributed by atoms with Crippen molar-refractivity contribution in [2.45, 2.75) is 13.3 Å². The second-order valence-electron chi connectivity index (χ2n) is 5.16. The van der Waals surface area contributed by atoms with Gasteiger partial charge in [0.1, 0.15) is 11.9 Å². The van der Waals surface area contributed by atoms with Crippen LogP contribution in [0.15, 0.2) is 18.2 Å². The summed E-state index contributed by atoms with van der Waals surface area (Å²) < 4.78 is 10.7. The van der Waals surface area contributed by atoms with Crippen LogP contribution in [0, 0.1) is 11.3 Å². The Balaban J connectivity index is 1.78. The molecule has 2 N–H and O–H groups in total. The Kier molecular flexibility index (Phi) is 4.15. The smallest absolute Gasteiger partial charge is 0.231 e. The van der Waals surface area contributed by atoms with Gasteiger partial charge in [-0.15, -0.1) is 0 Å². The van der Waals surface area contributed by atoms with Crippen molar-refractivity contribution in [3.8, 4) is 17.6 Å². The number of aromatic nitrogens is 1. The zero-order valence-corrected chi connectivity index (χ0v) is 12.7. The van der Waals surface area contributed by atoms with Crippen LogP contribution < -0.4 is 20.1 Å². The summed E-state index contributed by atoms with van der Waals surface area (Å²) in [6, 6.07) is 7.56.